The maximum Gasteiger partial charge on any atom is 0.407 e. The highest BCUT2D eigenvalue weighted by atomic mass is 32.2. The van der Waals surface area contributed by atoms with Gasteiger partial charge in [0.25, 0.3) is 11.8 Å². The summed E-state index contributed by atoms with van der Waals surface area (Å²) in [7, 11) is 0. The van der Waals surface area contributed by atoms with Crippen LogP contribution in [0.1, 0.15) is 22.4 Å². The first kappa shape index (κ1) is 32.6. The molecule has 10 nitrogen and oxygen atoms in total. The maximum atomic E-state index is 13.5. The van der Waals surface area contributed by atoms with Crippen molar-refractivity contribution in [1.29, 1.82) is 0 Å². The number of thiazole rings is 1. The number of nitrogens with one attached hydrogen (secondary N) is 2. The van der Waals surface area contributed by atoms with Crippen LogP contribution in [0.15, 0.2) is 125 Å². The number of rotatable bonds is 12. The van der Waals surface area contributed by atoms with Gasteiger partial charge in [0.1, 0.15) is 28.3 Å². The molecular weight excluding hydrogens is 661 g/mol. The van der Waals surface area contributed by atoms with Crippen LogP contribution in [0.25, 0.3) is 0 Å². The monoisotopic (exact) mass is 687 g/mol. The van der Waals surface area contributed by atoms with Gasteiger partial charge in [0.15, 0.2) is 10.8 Å². The summed E-state index contributed by atoms with van der Waals surface area (Å²) in [6.45, 7) is 0.284. The highest BCUT2D eigenvalue weighted by Gasteiger charge is 2.54. The van der Waals surface area contributed by atoms with Gasteiger partial charge in [-0.15, -0.1) is 23.1 Å². The van der Waals surface area contributed by atoms with E-state index in [1.54, 1.807) is 0 Å². The smallest absolute Gasteiger partial charge is 0.407 e. The molecule has 3 N–H and O–H groups in total. The zero-order valence-corrected chi connectivity index (χ0v) is 26.6. The molecule has 2 unspecified atom stereocenters. The van der Waals surface area contributed by atoms with E-state index in [-0.39, 0.29) is 17.1 Å². The highest BCUT2D eigenvalue weighted by molar-refractivity contribution is 8.00. The number of alkyl halides is 2. The number of carbonyl (C=O) groups excluding carboxylic acids is 2. The lowest BCUT2D eigenvalue weighted by atomic mass is 9.77. The number of hydrogen-bond acceptors (Lipinski definition) is 9. The van der Waals surface area contributed by atoms with Crippen molar-refractivity contribution >= 4 is 51.7 Å². The lowest BCUT2D eigenvalue weighted by molar-refractivity contribution is -0.150. The lowest BCUT2D eigenvalue weighted by Crippen LogP contribution is -2.71. The molecule has 1 aromatic heterocycles. The van der Waals surface area contributed by atoms with Crippen molar-refractivity contribution in [3.05, 3.63) is 143 Å². The Bertz CT molecular complexity index is 1810. The molecule has 6 rings (SSSR count). The number of allylic oxidation sites excluding steroid dienone is 1. The van der Waals surface area contributed by atoms with Crippen molar-refractivity contribution in [3.63, 3.8) is 0 Å². The molecule has 2 aliphatic heterocycles. The third-order valence-electron chi connectivity index (χ3n) is 7.83. The van der Waals surface area contributed by atoms with Crippen molar-refractivity contribution in [3.8, 4) is 0 Å². The van der Waals surface area contributed by atoms with E-state index in [1.807, 2.05) is 91.0 Å². The number of carboxylic acid groups (broad SMARTS) is 1. The second kappa shape index (κ2) is 13.8. The standard InChI is InChI=1S/C34H27F2N5O5S2/c1-2-20-18-47-30-26(29(43)41(30)27(20)31(44)45)38-28(42)25(40-46-32(35)36)24-19-48-33(37-24)39-34(21-12-6-3-7-13-21,22-14-8-4-9-15-22)23-16-10-5-11-17-23/h2-17,19,26,30,32H,1,18H2,(H,37,39)(H,38,42)(H,44,45)/b40-25-. The summed E-state index contributed by atoms with van der Waals surface area (Å²) < 4.78 is 26.3. The first-order valence-electron chi connectivity index (χ1n) is 14.5. The van der Waals surface area contributed by atoms with Gasteiger partial charge < -0.3 is 20.6 Å². The van der Waals surface area contributed by atoms with Gasteiger partial charge in [-0.05, 0) is 22.3 Å². The summed E-state index contributed by atoms with van der Waals surface area (Å²) in [6.07, 6.45) is 1.37. The molecule has 2 atom stereocenters. The minimum absolute atomic E-state index is 0.0799. The SMILES string of the molecule is C=CC1=C(C(=O)O)N2C(=O)C(NC(=O)/C(=N\OC(F)F)c3csc(NC(c4ccccc4)(c4ccccc4)c4ccccc4)n3)C2SC1. The third kappa shape index (κ3) is 6.07. The number of oxime groups is 1. The zero-order chi connectivity index (χ0) is 33.8. The number of carboxylic acids is 1. The summed E-state index contributed by atoms with van der Waals surface area (Å²) in [5, 5.41) is 20.2. The quantitative estimate of drug-likeness (QED) is 0.0780. The number of halogens is 2. The second-order valence-electron chi connectivity index (χ2n) is 10.6. The lowest BCUT2D eigenvalue weighted by Gasteiger charge is -2.49. The minimum Gasteiger partial charge on any atom is -0.477 e. The third-order valence-corrected chi connectivity index (χ3v) is 9.89. The van der Waals surface area contributed by atoms with E-state index in [4.69, 9.17) is 0 Å². The number of aliphatic carboxylic acids is 1. The summed E-state index contributed by atoms with van der Waals surface area (Å²) in [6, 6.07) is 28.0. The summed E-state index contributed by atoms with van der Waals surface area (Å²) in [5.74, 6) is -2.73. The first-order valence-corrected chi connectivity index (χ1v) is 16.4. The largest absolute Gasteiger partial charge is 0.477 e. The van der Waals surface area contributed by atoms with E-state index in [2.05, 4.69) is 32.2 Å². The second-order valence-corrected chi connectivity index (χ2v) is 12.5. The number of hydrogen-bond donors (Lipinski definition) is 3. The van der Waals surface area contributed by atoms with E-state index >= 15 is 0 Å². The molecule has 0 radical (unpaired) electrons. The first-order chi connectivity index (χ1) is 23.2. The van der Waals surface area contributed by atoms with E-state index < -0.39 is 47.1 Å². The molecule has 3 heterocycles. The number of carbonyl (C=O) groups is 3. The maximum absolute atomic E-state index is 13.5. The van der Waals surface area contributed by atoms with Crippen LogP contribution in [0.2, 0.25) is 0 Å². The predicted molar refractivity (Wildman–Crippen MR) is 178 cm³/mol. The molecule has 1 saturated heterocycles. The Balaban J connectivity index is 1.33. The molecule has 3 aromatic carbocycles. The molecule has 14 heteroatoms. The van der Waals surface area contributed by atoms with E-state index in [9.17, 15) is 28.3 Å². The topological polar surface area (TPSA) is 133 Å². The average Bonchev–Trinajstić information content (AvgIpc) is 3.57. The summed E-state index contributed by atoms with van der Waals surface area (Å²) in [5.41, 5.74) is 1.19. The fourth-order valence-electron chi connectivity index (χ4n) is 5.69. The Hall–Kier alpha value is -5.34. The van der Waals surface area contributed by atoms with E-state index in [0.717, 1.165) is 32.9 Å². The van der Waals surface area contributed by atoms with Crippen LogP contribution < -0.4 is 10.6 Å². The number of nitrogens with zero attached hydrogens (tertiary/aromatic N) is 3. The Morgan fingerprint density at radius 3 is 2.08 bits per heavy atom. The van der Waals surface area contributed by atoms with Crippen molar-refractivity contribution < 1.29 is 33.1 Å². The van der Waals surface area contributed by atoms with Crippen molar-refractivity contribution in [2.75, 3.05) is 11.1 Å². The fourth-order valence-corrected chi connectivity index (χ4v) is 7.78. The normalized spacial score (nSPS) is 17.8. The molecule has 0 spiro atoms. The fraction of sp³-hybridized carbons (Fsp3) is 0.147. The van der Waals surface area contributed by atoms with Gasteiger partial charge in [-0.3, -0.25) is 14.5 Å². The number of fused-ring (bicyclic) bond motifs is 1. The molecule has 2 aliphatic rings. The Morgan fingerprint density at radius 1 is 1.02 bits per heavy atom. The van der Waals surface area contributed by atoms with Crippen molar-refractivity contribution in [1.82, 2.24) is 15.2 Å². The molecule has 0 aliphatic carbocycles. The van der Waals surface area contributed by atoms with Crippen LogP contribution in [-0.2, 0) is 24.8 Å². The summed E-state index contributed by atoms with van der Waals surface area (Å²) >= 11 is 2.35. The molecule has 2 amide bonds. The van der Waals surface area contributed by atoms with Crippen molar-refractivity contribution in [2.24, 2.45) is 5.16 Å². The number of β-lactam (4-membered cyclic amide) rings is 1. The molecule has 0 bridgehead atoms. The zero-order valence-electron chi connectivity index (χ0n) is 25.0. The number of amides is 2. The van der Waals surface area contributed by atoms with E-state index in [1.165, 1.54) is 23.2 Å². The number of aromatic nitrogens is 1. The van der Waals surface area contributed by atoms with Crippen LogP contribution >= 0.6 is 23.1 Å². The molecule has 244 valence electrons. The van der Waals surface area contributed by atoms with Crippen molar-refractivity contribution in [2.45, 2.75) is 23.6 Å². The Kier molecular flexibility index (Phi) is 9.37. The van der Waals surface area contributed by atoms with Crippen LogP contribution in [-0.4, -0.2) is 62.3 Å². The summed E-state index contributed by atoms with van der Waals surface area (Å²) in [4.78, 5) is 48.3. The van der Waals surface area contributed by atoms with Crippen LogP contribution in [0.5, 0.6) is 0 Å². The number of benzene rings is 3. The van der Waals surface area contributed by atoms with Gasteiger partial charge in [-0.25, -0.2) is 9.78 Å². The number of anilines is 1. The van der Waals surface area contributed by atoms with Gasteiger partial charge in [0, 0.05) is 11.1 Å². The predicted octanol–water partition coefficient (Wildman–Crippen LogP) is 5.42. The van der Waals surface area contributed by atoms with Gasteiger partial charge >= 0.3 is 12.6 Å². The molecular formula is C34H27F2N5O5S2. The molecule has 0 saturated carbocycles. The van der Waals surface area contributed by atoms with Crippen LogP contribution in [0.4, 0.5) is 13.9 Å². The van der Waals surface area contributed by atoms with Crippen LogP contribution in [0, 0.1) is 0 Å². The number of thioether (sulfide) groups is 1. The molecule has 4 aromatic rings. The minimum atomic E-state index is -3.33. The van der Waals surface area contributed by atoms with Gasteiger partial charge in [-0.2, -0.15) is 8.78 Å². The highest BCUT2D eigenvalue weighted by Crippen LogP contribution is 2.42. The van der Waals surface area contributed by atoms with E-state index in [0.29, 0.717) is 10.7 Å². The van der Waals surface area contributed by atoms with Gasteiger partial charge in [-0.1, -0.05) is 109 Å². The average molecular weight is 688 g/mol. The Morgan fingerprint density at radius 2 is 1.58 bits per heavy atom. The van der Waals surface area contributed by atoms with Crippen LogP contribution in [0.3, 0.4) is 0 Å². The molecule has 48 heavy (non-hydrogen) atoms. The van der Waals surface area contributed by atoms with Gasteiger partial charge in [0.2, 0.25) is 0 Å². The van der Waals surface area contributed by atoms with Gasteiger partial charge in [0.05, 0.1) is 0 Å². The molecule has 1 fully saturated rings. The Labute approximate surface area is 281 Å².